The van der Waals surface area contributed by atoms with Gasteiger partial charge in [-0.1, -0.05) is 6.07 Å². The first-order valence-corrected chi connectivity index (χ1v) is 6.13. The van der Waals surface area contributed by atoms with Crippen LogP contribution in [0.2, 0.25) is 0 Å². The summed E-state index contributed by atoms with van der Waals surface area (Å²) < 4.78 is 26.8. The fourth-order valence-electron chi connectivity index (χ4n) is 1.69. The molecule has 0 aliphatic rings. The number of carbonyl (C=O) groups is 3. The van der Waals surface area contributed by atoms with Crippen LogP contribution >= 0.6 is 0 Å². The molecule has 3 amide bonds. The minimum absolute atomic E-state index is 0.310. The van der Waals surface area contributed by atoms with Crippen LogP contribution in [0.5, 0.6) is 0 Å². The molecular weight excluding hydrogens is 294 g/mol. The number of imide groups is 1. The standard InChI is InChI=1S/C15H10F2N2O3/c16-11-2-1-3-12(17)13(11)14(21)19-15(22)18-10-6-4-9(8-20)5-7-10/h1-8H,(H2,18,19,21,22). The van der Waals surface area contributed by atoms with Gasteiger partial charge in [-0.2, -0.15) is 0 Å². The number of rotatable bonds is 3. The molecule has 0 atom stereocenters. The van der Waals surface area contributed by atoms with Crippen LogP contribution in [0.25, 0.3) is 0 Å². The Labute approximate surface area is 123 Å². The Morgan fingerprint density at radius 1 is 0.955 bits per heavy atom. The third kappa shape index (κ3) is 3.51. The number of hydrogen-bond donors (Lipinski definition) is 2. The van der Waals surface area contributed by atoms with Gasteiger partial charge in [0.2, 0.25) is 0 Å². The number of amides is 3. The van der Waals surface area contributed by atoms with E-state index in [0.717, 1.165) is 18.2 Å². The van der Waals surface area contributed by atoms with E-state index in [-0.39, 0.29) is 0 Å². The fraction of sp³-hybridized carbons (Fsp3) is 0. The molecule has 0 bridgehead atoms. The molecule has 0 spiro atoms. The lowest BCUT2D eigenvalue weighted by molar-refractivity contribution is 0.0958. The molecule has 22 heavy (non-hydrogen) atoms. The molecular formula is C15H10F2N2O3. The Hall–Kier alpha value is -3.09. The van der Waals surface area contributed by atoms with Crippen LogP contribution in [-0.2, 0) is 0 Å². The Bertz CT molecular complexity index is 710. The summed E-state index contributed by atoms with van der Waals surface area (Å²) in [7, 11) is 0. The highest BCUT2D eigenvalue weighted by Gasteiger charge is 2.19. The highest BCUT2D eigenvalue weighted by molar-refractivity contribution is 6.08. The molecule has 2 N–H and O–H groups in total. The quantitative estimate of drug-likeness (QED) is 0.856. The molecule has 0 radical (unpaired) electrons. The number of nitrogens with one attached hydrogen (secondary N) is 2. The van der Waals surface area contributed by atoms with Crippen molar-refractivity contribution in [2.24, 2.45) is 0 Å². The fourth-order valence-corrected chi connectivity index (χ4v) is 1.69. The molecule has 5 nitrogen and oxygen atoms in total. The molecule has 2 aromatic carbocycles. The molecule has 0 aromatic heterocycles. The second-order valence-corrected chi connectivity index (χ2v) is 4.24. The van der Waals surface area contributed by atoms with Crippen molar-refractivity contribution in [1.29, 1.82) is 0 Å². The van der Waals surface area contributed by atoms with Crippen LogP contribution in [0.4, 0.5) is 19.3 Å². The van der Waals surface area contributed by atoms with E-state index >= 15 is 0 Å². The van der Waals surface area contributed by atoms with Gasteiger partial charge in [-0.3, -0.25) is 14.9 Å². The Morgan fingerprint density at radius 2 is 1.55 bits per heavy atom. The van der Waals surface area contributed by atoms with Gasteiger partial charge in [0.25, 0.3) is 5.91 Å². The van der Waals surface area contributed by atoms with Gasteiger partial charge < -0.3 is 5.32 Å². The maximum absolute atomic E-state index is 13.4. The van der Waals surface area contributed by atoms with Gasteiger partial charge in [0.05, 0.1) is 0 Å². The predicted molar refractivity (Wildman–Crippen MR) is 74.7 cm³/mol. The SMILES string of the molecule is O=Cc1ccc(NC(=O)NC(=O)c2c(F)cccc2F)cc1. The van der Waals surface area contributed by atoms with Gasteiger partial charge in [-0.15, -0.1) is 0 Å². The van der Waals surface area contributed by atoms with Crippen molar-refractivity contribution in [1.82, 2.24) is 5.32 Å². The van der Waals surface area contributed by atoms with E-state index < -0.39 is 29.1 Å². The van der Waals surface area contributed by atoms with Gasteiger partial charge in [-0.05, 0) is 36.4 Å². The zero-order valence-electron chi connectivity index (χ0n) is 11.1. The summed E-state index contributed by atoms with van der Waals surface area (Å²) in [6, 6.07) is 7.78. The molecule has 0 saturated carbocycles. The average Bonchev–Trinajstić information content (AvgIpc) is 2.47. The van der Waals surface area contributed by atoms with E-state index in [1.807, 2.05) is 5.32 Å². The molecule has 0 heterocycles. The van der Waals surface area contributed by atoms with Crippen molar-refractivity contribution in [2.75, 3.05) is 5.32 Å². The minimum Gasteiger partial charge on any atom is -0.308 e. The second-order valence-electron chi connectivity index (χ2n) is 4.24. The van der Waals surface area contributed by atoms with E-state index in [9.17, 15) is 23.2 Å². The number of hydrogen-bond acceptors (Lipinski definition) is 3. The van der Waals surface area contributed by atoms with Crippen LogP contribution in [0.3, 0.4) is 0 Å². The molecule has 0 unspecified atom stereocenters. The van der Waals surface area contributed by atoms with Crippen LogP contribution in [0, 0.1) is 11.6 Å². The largest absolute Gasteiger partial charge is 0.326 e. The van der Waals surface area contributed by atoms with Gasteiger partial charge in [0, 0.05) is 11.3 Å². The first kappa shape index (κ1) is 15.3. The van der Waals surface area contributed by atoms with Crippen molar-refractivity contribution in [3.05, 3.63) is 65.2 Å². The van der Waals surface area contributed by atoms with E-state index in [0.29, 0.717) is 17.5 Å². The minimum atomic E-state index is -1.20. The highest BCUT2D eigenvalue weighted by Crippen LogP contribution is 2.12. The maximum atomic E-state index is 13.4. The predicted octanol–water partition coefficient (Wildman–Crippen LogP) is 2.74. The third-order valence-electron chi connectivity index (χ3n) is 2.72. The first-order chi connectivity index (χ1) is 10.5. The molecule has 112 valence electrons. The van der Waals surface area contributed by atoms with Gasteiger partial charge in [-0.25, -0.2) is 13.6 Å². The average molecular weight is 304 g/mol. The topological polar surface area (TPSA) is 75.3 Å². The van der Waals surface area contributed by atoms with E-state index in [1.54, 1.807) is 0 Å². The Balaban J connectivity index is 2.05. The lowest BCUT2D eigenvalue weighted by Gasteiger charge is -2.08. The summed E-state index contributed by atoms with van der Waals surface area (Å²) in [4.78, 5) is 33.8. The number of benzene rings is 2. The van der Waals surface area contributed by atoms with E-state index in [4.69, 9.17) is 0 Å². The monoisotopic (exact) mass is 304 g/mol. The lowest BCUT2D eigenvalue weighted by Crippen LogP contribution is -2.35. The number of carbonyl (C=O) groups excluding carboxylic acids is 3. The van der Waals surface area contributed by atoms with Crippen LogP contribution < -0.4 is 10.6 Å². The van der Waals surface area contributed by atoms with Crippen molar-refractivity contribution < 1.29 is 23.2 Å². The summed E-state index contributed by atoms with van der Waals surface area (Å²) in [5.74, 6) is -3.33. The van der Waals surface area contributed by atoms with Crippen molar-refractivity contribution in [3.8, 4) is 0 Å². The smallest absolute Gasteiger partial charge is 0.308 e. The lowest BCUT2D eigenvalue weighted by atomic mass is 10.2. The maximum Gasteiger partial charge on any atom is 0.326 e. The van der Waals surface area contributed by atoms with Gasteiger partial charge in [0.15, 0.2) is 0 Å². The molecule has 0 fully saturated rings. The first-order valence-electron chi connectivity index (χ1n) is 6.13. The molecule has 0 saturated heterocycles. The number of urea groups is 1. The Kier molecular flexibility index (Phi) is 4.57. The second kappa shape index (κ2) is 6.57. The zero-order chi connectivity index (χ0) is 16.1. The van der Waals surface area contributed by atoms with Gasteiger partial charge >= 0.3 is 6.03 Å². The molecule has 2 rings (SSSR count). The van der Waals surface area contributed by atoms with Crippen LogP contribution in [0.15, 0.2) is 42.5 Å². The summed E-state index contributed by atoms with van der Waals surface area (Å²) >= 11 is 0. The number of halogens is 2. The normalized spacial score (nSPS) is 9.91. The van der Waals surface area contributed by atoms with Crippen molar-refractivity contribution in [2.45, 2.75) is 0 Å². The molecule has 0 aliphatic heterocycles. The molecule has 2 aromatic rings. The van der Waals surface area contributed by atoms with E-state index in [1.165, 1.54) is 24.3 Å². The molecule has 0 aliphatic carbocycles. The Morgan fingerprint density at radius 3 is 2.09 bits per heavy atom. The van der Waals surface area contributed by atoms with E-state index in [2.05, 4.69) is 5.32 Å². The van der Waals surface area contributed by atoms with Crippen molar-refractivity contribution in [3.63, 3.8) is 0 Å². The summed E-state index contributed by atoms with van der Waals surface area (Å²) in [5.41, 5.74) is -0.116. The zero-order valence-corrected chi connectivity index (χ0v) is 11.1. The van der Waals surface area contributed by atoms with Crippen molar-refractivity contribution >= 4 is 23.9 Å². The summed E-state index contributed by atoms with van der Waals surface area (Å²) in [6.07, 6.45) is 0.633. The number of anilines is 1. The van der Waals surface area contributed by atoms with Crippen LogP contribution in [-0.4, -0.2) is 18.2 Å². The van der Waals surface area contributed by atoms with Crippen LogP contribution in [0.1, 0.15) is 20.7 Å². The molecule has 7 heteroatoms. The third-order valence-corrected chi connectivity index (χ3v) is 2.72. The number of aldehydes is 1. The summed E-state index contributed by atoms with van der Waals surface area (Å²) in [5, 5.41) is 4.12. The summed E-state index contributed by atoms with van der Waals surface area (Å²) in [6.45, 7) is 0. The highest BCUT2D eigenvalue weighted by atomic mass is 19.1. The van der Waals surface area contributed by atoms with Gasteiger partial charge in [0.1, 0.15) is 23.5 Å².